The quantitative estimate of drug-likeness (QED) is 0.330. The fourth-order valence-electron chi connectivity index (χ4n) is 4.20. The van der Waals surface area contributed by atoms with E-state index in [-0.39, 0.29) is 29.5 Å². The number of hydrogen-bond acceptors (Lipinski definition) is 3. The minimum atomic E-state index is -0.0555. The molecule has 1 saturated heterocycles. The number of nitrogens with one attached hydrogen (secondary N) is 2. The number of aliphatic imine (C=N–C) groups is 1. The first-order chi connectivity index (χ1) is 13.9. The van der Waals surface area contributed by atoms with E-state index in [1.54, 1.807) is 0 Å². The van der Waals surface area contributed by atoms with Crippen molar-refractivity contribution in [2.24, 2.45) is 18.0 Å². The van der Waals surface area contributed by atoms with Gasteiger partial charge in [0.1, 0.15) is 0 Å². The molecule has 0 aliphatic carbocycles. The molecule has 2 unspecified atom stereocenters. The lowest BCUT2D eigenvalue weighted by Gasteiger charge is -2.32. The van der Waals surface area contributed by atoms with Crippen LogP contribution < -0.4 is 10.6 Å². The maximum Gasteiger partial charge on any atom is 0.193 e. The Balaban J connectivity index is 0.00000320. The molecule has 1 aliphatic rings. The second kappa shape index (κ2) is 11.1. The minimum Gasteiger partial charge on any atom is -0.354 e. The van der Waals surface area contributed by atoms with Crippen molar-refractivity contribution >= 4 is 29.9 Å². The summed E-state index contributed by atoms with van der Waals surface area (Å²) in [6.45, 7) is 9.61. The smallest absolute Gasteiger partial charge is 0.193 e. The Bertz CT molecular complexity index is 801. The topological polar surface area (TPSA) is 57.5 Å². The van der Waals surface area contributed by atoms with Gasteiger partial charge >= 0.3 is 0 Å². The van der Waals surface area contributed by atoms with E-state index in [0.717, 1.165) is 32.0 Å². The summed E-state index contributed by atoms with van der Waals surface area (Å²) >= 11 is 0. The third-order valence-corrected chi connectivity index (χ3v) is 5.68. The molecule has 0 amide bonds. The van der Waals surface area contributed by atoms with Crippen molar-refractivity contribution in [1.29, 1.82) is 0 Å². The van der Waals surface area contributed by atoms with Gasteiger partial charge < -0.3 is 15.5 Å². The summed E-state index contributed by atoms with van der Waals surface area (Å²) in [5, 5.41) is 11.6. The van der Waals surface area contributed by atoms with Gasteiger partial charge in [-0.2, -0.15) is 5.10 Å². The lowest BCUT2D eigenvalue weighted by atomic mass is 10.0. The first-order valence-corrected chi connectivity index (χ1v) is 10.6. The van der Waals surface area contributed by atoms with Crippen LogP contribution in [-0.2, 0) is 13.5 Å². The number of halogens is 1. The Kier molecular flexibility index (Phi) is 9.15. The summed E-state index contributed by atoms with van der Waals surface area (Å²) < 4.78 is 1.88. The summed E-state index contributed by atoms with van der Waals surface area (Å²) in [6.07, 6.45) is 6.39. The summed E-state index contributed by atoms with van der Waals surface area (Å²) in [6, 6.07) is 10.9. The van der Waals surface area contributed by atoms with Gasteiger partial charge in [-0.15, -0.1) is 24.0 Å². The molecule has 30 heavy (non-hydrogen) atoms. The zero-order chi connectivity index (χ0) is 20.9. The normalized spacial score (nSPS) is 18.2. The van der Waals surface area contributed by atoms with E-state index < -0.39 is 0 Å². The van der Waals surface area contributed by atoms with Crippen LogP contribution in [0, 0.1) is 5.92 Å². The van der Waals surface area contributed by atoms with E-state index in [2.05, 4.69) is 82.9 Å². The van der Waals surface area contributed by atoms with Crippen molar-refractivity contribution in [2.75, 3.05) is 26.7 Å². The molecule has 0 radical (unpaired) electrons. The second-order valence-electron chi connectivity index (χ2n) is 8.89. The van der Waals surface area contributed by atoms with E-state index in [0.29, 0.717) is 12.0 Å². The largest absolute Gasteiger partial charge is 0.354 e. The van der Waals surface area contributed by atoms with Crippen LogP contribution in [0.3, 0.4) is 0 Å². The Morgan fingerprint density at radius 2 is 2.03 bits per heavy atom. The number of nitrogens with zero attached hydrogens (tertiary/aromatic N) is 4. The maximum atomic E-state index is 4.54. The van der Waals surface area contributed by atoms with Crippen molar-refractivity contribution in [3.63, 3.8) is 0 Å². The average Bonchev–Trinajstić information content (AvgIpc) is 3.32. The predicted molar refractivity (Wildman–Crippen MR) is 135 cm³/mol. The number of aryl methyl sites for hydroxylation is 1. The Labute approximate surface area is 198 Å². The van der Waals surface area contributed by atoms with E-state index >= 15 is 0 Å². The Hall–Kier alpha value is -1.61. The van der Waals surface area contributed by atoms with Crippen LogP contribution in [-0.4, -0.2) is 52.9 Å². The second-order valence-corrected chi connectivity index (χ2v) is 8.89. The lowest BCUT2D eigenvalue weighted by molar-refractivity contribution is 0.339. The first kappa shape index (κ1) is 24.7. The average molecular weight is 524 g/mol. The van der Waals surface area contributed by atoms with E-state index in [9.17, 15) is 0 Å². The van der Waals surface area contributed by atoms with Crippen LogP contribution in [0.1, 0.15) is 44.4 Å². The first-order valence-electron chi connectivity index (χ1n) is 10.6. The van der Waals surface area contributed by atoms with Crippen LogP contribution >= 0.6 is 24.0 Å². The number of rotatable bonds is 7. The van der Waals surface area contributed by atoms with E-state index in [1.165, 1.54) is 17.5 Å². The highest BCUT2D eigenvalue weighted by Crippen LogP contribution is 2.21. The summed E-state index contributed by atoms with van der Waals surface area (Å²) in [5.41, 5.74) is 2.57. The van der Waals surface area contributed by atoms with Crippen molar-refractivity contribution in [1.82, 2.24) is 25.3 Å². The standard InChI is InChI=1S/C23H36N6.HI/c1-18(21-9-7-6-8-10-21)27-23(2,3)17-25-22(24-4)29-12-11-19(16-29)13-20-14-26-28(5)15-20;/h6-10,14-15,18-19,27H,11-13,16-17H2,1-5H3,(H,24,25);1H. The van der Waals surface area contributed by atoms with Gasteiger partial charge in [-0.25, -0.2) is 0 Å². The Morgan fingerprint density at radius 1 is 1.30 bits per heavy atom. The van der Waals surface area contributed by atoms with Gasteiger partial charge in [-0.05, 0) is 50.7 Å². The molecule has 1 aromatic heterocycles. The molecule has 6 nitrogen and oxygen atoms in total. The Morgan fingerprint density at radius 3 is 2.67 bits per heavy atom. The molecule has 2 atom stereocenters. The molecule has 0 bridgehead atoms. The van der Waals surface area contributed by atoms with Gasteiger partial charge in [0.2, 0.25) is 0 Å². The van der Waals surface area contributed by atoms with Gasteiger partial charge in [0.05, 0.1) is 6.20 Å². The van der Waals surface area contributed by atoms with Gasteiger partial charge in [-0.3, -0.25) is 9.67 Å². The molecule has 1 aliphatic heterocycles. The van der Waals surface area contributed by atoms with Crippen LogP contribution in [0.2, 0.25) is 0 Å². The zero-order valence-corrected chi connectivity index (χ0v) is 21.3. The number of aromatic nitrogens is 2. The fraction of sp³-hybridized carbons (Fsp3) is 0.565. The predicted octanol–water partition coefficient (Wildman–Crippen LogP) is 3.61. The lowest BCUT2D eigenvalue weighted by Crippen LogP contribution is -2.52. The SMILES string of the molecule is CN=C(NCC(C)(C)NC(C)c1ccccc1)N1CCC(Cc2cnn(C)c2)C1.I. The minimum absolute atomic E-state index is 0. The number of benzene rings is 1. The maximum absolute atomic E-state index is 4.54. The molecule has 7 heteroatoms. The fourth-order valence-corrected chi connectivity index (χ4v) is 4.20. The zero-order valence-electron chi connectivity index (χ0n) is 18.9. The highest BCUT2D eigenvalue weighted by atomic mass is 127. The van der Waals surface area contributed by atoms with Gasteiger partial charge in [-0.1, -0.05) is 30.3 Å². The van der Waals surface area contributed by atoms with Crippen molar-refractivity contribution < 1.29 is 0 Å². The van der Waals surface area contributed by atoms with Crippen molar-refractivity contribution in [3.8, 4) is 0 Å². The van der Waals surface area contributed by atoms with Crippen LogP contribution in [0.15, 0.2) is 47.7 Å². The molecular weight excluding hydrogens is 487 g/mol. The molecule has 2 aromatic rings. The van der Waals surface area contributed by atoms with E-state index in [1.807, 2.05) is 25.0 Å². The highest BCUT2D eigenvalue weighted by Gasteiger charge is 2.27. The third-order valence-electron chi connectivity index (χ3n) is 5.68. The van der Waals surface area contributed by atoms with Crippen LogP contribution in [0.25, 0.3) is 0 Å². The third kappa shape index (κ3) is 6.97. The van der Waals surface area contributed by atoms with Gasteiger partial charge in [0.25, 0.3) is 0 Å². The van der Waals surface area contributed by atoms with E-state index in [4.69, 9.17) is 0 Å². The molecular formula is C23H37IN6. The van der Waals surface area contributed by atoms with Crippen molar-refractivity contribution in [3.05, 3.63) is 53.9 Å². The monoisotopic (exact) mass is 524 g/mol. The number of guanidine groups is 1. The molecule has 3 rings (SSSR count). The van der Waals surface area contributed by atoms with Crippen molar-refractivity contribution in [2.45, 2.75) is 45.2 Å². The summed E-state index contributed by atoms with van der Waals surface area (Å²) in [4.78, 5) is 6.93. The molecule has 1 aromatic carbocycles. The molecule has 0 saturated carbocycles. The molecule has 2 N–H and O–H groups in total. The van der Waals surface area contributed by atoms with Gasteiger partial charge in [0.15, 0.2) is 5.96 Å². The summed E-state index contributed by atoms with van der Waals surface area (Å²) in [5.74, 6) is 1.66. The molecule has 1 fully saturated rings. The highest BCUT2D eigenvalue weighted by molar-refractivity contribution is 14.0. The summed E-state index contributed by atoms with van der Waals surface area (Å²) in [7, 11) is 3.86. The molecule has 0 spiro atoms. The number of likely N-dealkylation sites (tertiary alicyclic amines) is 1. The number of hydrogen-bond donors (Lipinski definition) is 2. The van der Waals surface area contributed by atoms with Gasteiger partial charge in [0, 0.05) is 51.5 Å². The molecule has 2 heterocycles. The van der Waals surface area contributed by atoms with Crippen LogP contribution in [0.4, 0.5) is 0 Å². The molecule has 166 valence electrons. The van der Waals surface area contributed by atoms with Crippen LogP contribution in [0.5, 0.6) is 0 Å².